The van der Waals surface area contributed by atoms with Gasteiger partial charge in [-0.15, -0.1) is 0 Å². The van der Waals surface area contributed by atoms with Crippen LogP contribution in [0.1, 0.15) is 150 Å². The number of carbonyl (C=O) groups excluding carboxylic acids is 11. The Kier molecular flexibility index (Phi) is 34.6. The van der Waals surface area contributed by atoms with Crippen molar-refractivity contribution in [3.63, 3.8) is 0 Å². The number of urea groups is 1. The Labute approximate surface area is 628 Å². The van der Waals surface area contributed by atoms with Crippen molar-refractivity contribution < 1.29 is 88.9 Å². The number of rotatable bonds is 39. The van der Waals surface area contributed by atoms with E-state index in [2.05, 4.69) is 47.3 Å². The number of esters is 1. The van der Waals surface area contributed by atoms with E-state index in [1.165, 1.54) is 14.2 Å². The third-order valence-electron chi connectivity index (χ3n) is 20.1. The van der Waals surface area contributed by atoms with Crippen LogP contribution < -0.4 is 53.0 Å². The van der Waals surface area contributed by atoms with E-state index in [1.807, 2.05) is 96.9 Å². The van der Waals surface area contributed by atoms with Gasteiger partial charge in [0.25, 0.3) is 0 Å². The fourth-order valence-corrected chi connectivity index (χ4v) is 13.9. The first-order valence-corrected chi connectivity index (χ1v) is 36.6. The van der Waals surface area contributed by atoms with E-state index in [0.717, 1.165) is 5.56 Å². The Bertz CT molecular complexity index is 3620. The quantitative estimate of drug-likeness (QED) is 0.00751. The minimum Gasteiger partial charge on any atom is -0.420 e. The molecule has 596 valence electrons. The zero-order valence-electron chi connectivity index (χ0n) is 64.1. The monoisotopic (exact) mass is 1520 g/mol. The van der Waals surface area contributed by atoms with Crippen molar-refractivity contribution in [3.05, 3.63) is 94.8 Å². The van der Waals surface area contributed by atoms with Crippen molar-refractivity contribution in [3.8, 4) is 11.8 Å². The molecule has 11 atom stereocenters. The van der Waals surface area contributed by atoms with Gasteiger partial charge in [-0.25, -0.2) is 18.0 Å². The van der Waals surface area contributed by atoms with Crippen LogP contribution in [-0.2, 0) is 70.4 Å². The van der Waals surface area contributed by atoms with Gasteiger partial charge in [-0.3, -0.25) is 52.8 Å². The van der Waals surface area contributed by atoms with Crippen LogP contribution in [0.5, 0.6) is 5.75 Å². The summed E-state index contributed by atoms with van der Waals surface area (Å²) in [6.45, 7) is 16.9. The van der Waals surface area contributed by atoms with Crippen LogP contribution in [0, 0.1) is 75.9 Å². The lowest BCUT2D eigenvalue weighted by Crippen LogP contribution is -2.59. The lowest BCUT2D eigenvalue weighted by atomic mass is 9.77. The van der Waals surface area contributed by atoms with Crippen molar-refractivity contribution in [2.24, 2.45) is 41.2 Å². The molecule has 1 aliphatic carbocycles. The molecule has 2 aliphatic rings. The maximum atomic E-state index is 14.7. The molecule has 1 saturated carbocycles. The first-order chi connectivity index (χ1) is 50.9. The number of hydrogen-bond acceptors (Lipinski definition) is 16. The number of ether oxygens (including phenoxy) is 3. The third-order valence-corrected chi connectivity index (χ3v) is 20.1. The number of benzene rings is 3. The van der Waals surface area contributed by atoms with Crippen LogP contribution >= 0.6 is 0 Å². The van der Waals surface area contributed by atoms with Crippen molar-refractivity contribution in [2.45, 2.75) is 212 Å². The lowest BCUT2D eigenvalue weighted by molar-refractivity contribution is -0.148. The second kappa shape index (κ2) is 41.8. The SMILES string of the molecule is CC[C@H](C)[C@@H]([C@@H](CC(=O)N1CCC[C@H]1[C@H](OC)[C@@H](C)C(=O)N[C@@H](Cc1ccccc1)C(=O)NCc1ccc(NC(=O)[C@H](CCCNC(N)=O)NC(=O)[C@@H](NC(=O)CCC(=O)NC2(C#N)CCC(C(=O)Oc3c(F)c(F)c(F)c(F)c3F)CC2)C(C)C)cc1)OC)N(C)C(=O)[C@@H](NC(=O)[C@H](C(C)C)N(C)C)C(C)C. The second-order valence-electron chi connectivity index (χ2n) is 29.2. The number of anilines is 1. The van der Waals surface area contributed by atoms with E-state index < -0.39 is 173 Å². The van der Waals surface area contributed by atoms with Gasteiger partial charge in [-0.2, -0.15) is 14.0 Å². The standard InChI is InChI=1S/C76H108F5N13O14/c1-15-44(8)65(93(12)73(103)63(42(4)5)90-72(102)64(43(6)7)92(10)11)53(106-13)38-56(97)94-36-20-24-52(94)66(107-14)45(9)68(98)88-51(37-46-21-17-16-18-22-46)69(99)85-39-47-25-27-49(28-26-47)86-70(100)50(23-19-35-84-75(83)105)87-71(101)62(41(2)3)89-54(95)29-30-55(96)91-76(40-82)33-31-48(32-34-76)74(104)108-67-60(80)58(78)57(77)59(79)61(67)81/h16-18,21-22,25-28,41-45,48,50-53,62-66H,15,19-20,23-24,29-39H2,1-14H3,(H,85,99)(H,86,100)(H,87,101)(H,88,98)(H,89,95)(H,90,102)(H,91,96)(H3,83,84,105)/t44-,45+,48?,50-,51-,52-,53+,62-,63-,64-,65-,66+,76?/m0/s1. The predicted octanol–water partition coefficient (Wildman–Crippen LogP) is 6.34. The van der Waals surface area contributed by atoms with E-state index in [1.54, 1.807) is 61.9 Å². The van der Waals surface area contributed by atoms with Gasteiger partial charge in [0.2, 0.25) is 88.0 Å². The highest BCUT2D eigenvalue weighted by molar-refractivity contribution is 5.99. The number of amides is 11. The number of methoxy groups -OCH3 is 2. The number of nitrogens with zero attached hydrogens (tertiary/aromatic N) is 4. The summed E-state index contributed by atoms with van der Waals surface area (Å²) in [7, 11) is 8.30. The molecule has 1 saturated heterocycles. The van der Waals surface area contributed by atoms with E-state index in [9.17, 15) is 80.0 Å². The summed E-state index contributed by atoms with van der Waals surface area (Å²) in [4.78, 5) is 156. The maximum Gasteiger partial charge on any atom is 0.314 e. The first-order valence-electron chi connectivity index (χ1n) is 36.6. The molecule has 11 amide bonds. The Morgan fingerprint density at radius 3 is 1.81 bits per heavy atom. The van der Waals surface area contributed by atoms with Gasteiger partial charge in [0.1, 0.15) is 29.7 Å². The van der Waals surface area contributed by atoms with E-state index in [0.29, 0.717) is 31.4 Å². The highest BCUT2D eigenvalue weighted by Crippen LogP contribution is 2.36. The van der Waals surface area contributed by atoms with Crippen LogP contribution in [0.15, 0.2) is 54.6 Å². The highest BCUT2D eigenvalue weighted by Gasteiger charge is 2.45. The van der Waals surface area contributed by atoms with E-state index in [-0.39, 0.29) is 106 Å². The van der Waals surface area contributed by atoms with Crippen molar-refractivity contribution in [1.29, 1.82) is 5.26 Å². The van der Waals surface area contributed by atoms with Crippen LogP contribution in [0.3, 0.4) is 0 Å². The number of carbonyl (C=O) groups is 11. The van der Waals surface area contributed by atoms with Gasteiger partial charge in [0, 0.05) is 65.9 Å². The summed E-state index contributed by atoms with van der Waals surface area (Å²) < 4.78 is 86.2. The molecule has 0 spiro atoms. The molecule has 32 heteroatoms. The molecular weight excluding hydrogens is 1410 g/mol. The summed E-state index contributed by atoms with van der Waals surface area (Å²) in [6, 6.07) is 10.6. The molecule has 1 heterocycles. The number of hydrogen-bond donors (Lipinski definition) is 9. The summed E-state index contributed by atoms with van der Waals surface area (Å²) in [5.74, 6) is -22.8. The summed E-state index contributed by atoms with van der Waals surface area (Å²) in [5, 5.41) is 31.9. The predicted molar refractivity (Wildman–Crippen MR) is 389 cm³/mol. The molecule has 0 unspecified atom stereocenters. The fraction of sp³-hybridized carbons (Fsp3) is 0.605. The largest absolute Gasteiger partial charge is 0.420 e. The van der Waals surface area contributed by atoms with E-state index >= 15 is 0 Å². The van der Waals surface area contributed by atoms with Crippen LogP contribution in [0.25, 0.3) is 0 Å². The highest BCUT2D eigenvalue weighted by atomic mass is 19.2. The Morgan fingerprint density at radius 1 is 0.667 bits per heavy atom. The molecule has 2 fully saturated rings. The molecule has 0 aromatic heterocycles. The van der Waals surface area contributed by atoms with Gasteiger partial charge in [-0.05, 0) is 112 Å². The van der Waals surface area contributed by atoms with Crippen molar-refractivity contribution in [2.75, 3.05) is 53.8 Å². The van der Waals surface area contributed by atoms with Gasteiger partial charge >= 0.3 is 12.0 Å². The Hall–Kier alpha value is -9.35. The second-order valence-corrected chi connectivity index (χ2v) is 29.2. The van der Waals surface area contributed by atoms with Gasteiger partial charge in [0.05, 0.1) is 54.7 Å². The van der Waals surface area contributed by atoms with Crippen LogP contribution in [0.2, 0.25) is 0 Å². The van der Waals surface area contributed by atoms with Gasteiger partial charge in [-0.1, -0.05) is 111 Å². The normalized spacial score (nSPS) is 18.5. The number of nitrogens with one attached hydrogen (secondary N) is 8. The molecule has 0 radical (unpaired) electrons. The number of halogens is 5. The average molecular weight is 1520 g/mol. The average Bonchev–Trinajstić information content (AvgIpc) is 1.09. The van der Waals surface area contributed by atoms with Crippen LogP contribution in [-0.4, -0.2) is 188 Å². The maximum absolute atomic E-state index is 14.7. The number of likely N-dealkylation sites (tertiary alicyclic amines) is 1. The molecule has 1 aliphatic heterocycles. The molecule has 108 heavy (non-hydrogen) atoms. The van der Waals surface area contributed by atoms with E-state index in [4.69, 9.17) is 15.2 Å². The Balaban J connectivity index is 1.20. The fourth-order valence-electron chi connectivity index (χ4n) is 13.9. The molecule has 0 bridgehead atoms. The van der Waals surface area contributed by atoms with Gasteiger partial charge < -0.3 is 72.3 Å². The molecular formula is C76H108F5N13O14. The van der Waals surface area contributed by atoms with Gasteiger partial charge in [0.15, 0.2) is 0 Å². The minimum absolute atomic E-state index is 0.0219. The number of likely N-dealkylation sites (N-methyl/N-ethyl adjacent to an activating group) is 2. The van der Waals surface area contributed by atoms with Crippen LogP contribution in [0.4, 0.5) is 32.4 Å². The summed E-state index contributed by atoms with van der Waals surface area (Å²) in [6.07, 6.45) is -1.43. The molecule has 5 rings (SSSR count). The zero-order chi connectivity index (χ0) is 80.6. The Morgan fingerprint density at radius 2 is 1.26 bits per heavy atom. The minimum atomic E-state index is -2.44. The topological polar surface area (TPSA) is 371 Å². The van der Waals surface area contributed by atoms with Crippen molar-refractivity contribution >= 4 is 70.9 Å². The zero-order valence-corrected chi connectivity index (χ0v) is 64.1. The third kappa shape index (κ3) is 24.6. The molecule has 27 nitrogen and oxygen atoms in total. The molecule has 3 aromatic carbocycles. The first kappa shape index (κ1) is 89.3. The number of nitriles is 1. The van der Waals surface area contributed by atoms with Crippen molar-refractivity contribution in [1.82, 2.24) is 51.9 Å². The number of nitrogens with two attached hydrogens (primary N) is 1. The lowest BCUT2D eigenvalue weighted by Gasteiger charge is -2.41. The summed E-state index contributed by atoms with van der Waals surface area (Å²) >= 11 is 0. The smallest absolute Gasteiger partial charge is 0.314 e. The molecule has 10 N–H and O–H groups in total. The summed E-state index contributed by atoms with van der Waals surface area (Å²) in [5.41, 5.74) is 5.30. The number of primary amides is 1. The molecule has 3 aromatic rings.